The number of amidine groups is 1. The van der Waals surface area contributed by atoms with E-state index in [-0.39, 0.29) is 23.8 Å². The molecule has 1 saturated heterocycles. The summed E-state index contributed by atoms with van der Waals surface area (Å²) >= 11 is 12.5. The average molecular weight is 747 g/mol. The second-order valence-electron chi connectivity index (χ2n) is 13.3. The third-order valence-corrected chi connectivity index (χ3v) is 9.91. The Balaban J connectivity index is 1.52. The van der Waals surface area contributed by atoms with Crippen LogP contribution in [-0.2, 0) is 15.8 Å². The number of hydrogen-bond donors (Lipinski definition) is 0. The van der Waals surface area contributed by atoms with Gasteiger partial charge in [-0.15, -0.1) is 0 Å². The van der Waals surface area contributed by atoms with Crippen molar-refractivity contribution >= 4 is 40.9 Å². The van der Waals surface area contributed by atoms with E-state index in [0.29, 0.717) is 59.4 Å². The lowest BCUT2D eigenvalue weighted by Gasteiger charge is -2.38. The van der Waals surface area contributed by atoms with E-state index in [0.717, 1.165) is 25.2 Å². The minimum Gasteiger partial charge on any atom is -0.493 e. The lowest BCUT2D eigenvalue weighted by atomic mass is 9.93. The van der Waals surface area contributed by atoms with Crippen molar-refractivity contribution in [1.29, 1.82) is 0 Å². The molecular formula is C38H44Cl2F3N5O3. The number of aliphatic imine (C=N–C) groups is 1. The summed E-state index contributed by atoms with van der Waals surface area (Å²) in [6.45, 7) is 14.1. The van der Waals surface area contributed by atoms with Gasteiger partial charge in [-0.3, -0.25) is 29.3 Å². The fourth-order valence-electron chi connectivity index (χ4n) is 6.81. The molecule has 51 heavy (non-hydrogen) atoms. The molecule has 0 radical (unpaired) electrons. The average Bonchev–Trinajstić information content (AvgIpc) is 3.48. The van der Waals surface area contributed by atoms with Gasteiger partial charge in [0.25, 0.3) is 0 Å². The van der Waals surface area contributed by atoms with E-state index >= 15 is 0 Å². The Morgan fingerprint density at radius 1 is 0.863 bits per heavy atom. The number of ether oxygens (including phenoxy) is 1. The zero-order valence-corrected chi connectivity index (χ0v) is 31.0. The van der Waals surface area contributed by atoms with E-state index in [1.807, 2.05) is 0 Å². The molecule has 0 aliphatic carbocycles. The van der Waals surface area contributed by atoms with Crippen LogP contribution in [0.3, 0.4) is 0 Å². The van der Waals surface area contributed by atoms with Crippen LogP contribution < -0.4 is 4.74 Å². The van der Waals surface area contributed by atoms with Gasteiger partial charge in [0.2, 0.25) is 0 Å². The van der Waals surface area contributed by atoms with Crippen molar-refractivity contribution in [2.24, 2.45) is 4.99 Å². The molecule has 2 heterocycles. The highest BCUT2D eigenvalue weighted by Crippen LogP contribution is 2.46. The zero-order valence-electron chi connectivity index (χ0n) is 29.5. The summed E-state index contributed by atoms with van der Waals surface area (Å²) in [4.78, 5) is 41.3. The van der Waals surface area contributed by atoms with Crippen LogP contribution in [0.1, 0.15) is 69.0 Å². The Hall–Kier alpha value is -3.64. The van der Waals surface area contributed by atoms with Crippen molar-refractivity contribution in [2.45, 2.75) is 65.0 Å². The second-order valence-corrected chi connectivity index (χ2v) is 14.2. The molecule has 0 spiro atoms. The van der Waals surface area contributed by atoms with Crippen LogP contribution in [0.2, 0.25) is 10.0 Å². The first kappa shape index (κ1) is 38.6. The van der Waals surface area contributed by atoms with Gasteiger partial charge in [0.15, 0.2) is 0 Å². The van der Waals surface area contributed by atoms with Crippen molar-refractivity contribution in [3.05, 3.63) is 99.0 Å². The van der Waals surface area contributed by atoms with Gasteiger partial charge in [0.1, 0.15) is 17.6 Å². The fourth-order valence-corrected chi connectivity index (χ4v) is 7.06. The Morgan fingerprint density at radius 3 is 1.96 bits per heavy atom. The highest BCUT2D eigenvalue weighted by atomic mass is 35.5. The van der Waals surface area contributed by atoms with Crippen molar-refractivity contribution in [3.63, 3.8) is 0 Å². The molecular weight excluding hydrogens is 702 g/mol. The van der Waals surface area contributed by atoms with Crippen molar-refractivity contribution in [1.82, 2.24) is 19.6 Å². The van der Waals surface area contributed by atoms with Gasteiger partial charge in [-0.05, 0) is 88.2 Å². The third-order valence-electron chi connectivity index (χ3n) is 9.40. The Kier molecular flexibility index (Phi) is 12.4. The number of benzene rings is 3. The van der Waals surface area contributed by atoms with Crippen LogP contribution in [0.25, 0.3) is 0 Å². The first-order valence-electron chi connectivity index (χ1n) is 17.2. The molecule has 2 aliphatic rings. The minimum absolute atomic E-state index is 0.0338. The Labute approximate surface area is 307 Å². The zero-order chi connectivity index (χ0) is 37.0. The predicted octanol–water partition coefficient (Wildman–Crippen LogP) is 7.75. The standard InChI is InChI=1S/C38H44Cl2F3N5O3/c1-6-51-32-23-28(38(41,42)43)11-16-31(32)35-44-33(26-7-12-29(39)13-8-26)34(27-9-14-30(40)15-10-27)48(35)37(50)36(49)46-20-17-45(18-21-46)19-22-47(24(2)3)25(4)5/h7-16,23-25,33-34H,6,17-22H2,1-5H3. The molecule has 3 aromatic rings. The number of piperazine rings is 1. The number of carbonyl (C=O) groups excluding carboxylic acids is 2. The molecule has 2 amide bonds. The van der Waals surface area contributed by atoms with Gasteiger partial charge < -0.3 is 9.64 Å². The van der Waals surface area contributed by atoms with E-state index in [2.05, 4.69) is 37.5 Å². The van der Waals surface area contributed by atoms with Gasteiger partial charge in [-0.25, -0.2) is 0 Å². The summed E-state index contributed by atoms with van der Waals surface area (Å²) in [5.74, 6) is -1.62. The van der Waals surface area contributed by atoms with E-state index in [4.69, 9.17) is 32.9 Å². The number of amides is 2. The molecule has 13 heteroatoms. The molecule has 274 valence electrons. The molecule has 8 nitrogen and oxygen atoms in total. The van der Waals surface area contributed by atoms with E-state index in [1.165, 1.54) is 11.0 Å². The van der Waals surface area contributed by atoms with Gasteiger partial charge in [0.05, 0.1) is 23.8 Å². The molecule has 0 bridgehead atoms. The van der Waals surface area contributed by atoms with Gasteiger partial charge in [-0.1, -0.05) is 47.5 Å². The SMILES string of the molecule is CCOc1cc(C(F)(F)F)ccc1C1=NC(c2ccc(Cl)cc2)C(c2ccc(Cl)cc2)N1C(=O)C(=O)N1CCN(CCN(C(C)C)C(C)C)CC1. The van der Waals surface area contributed by atoms with Gasteiger partial charge >= 0.3 is 18.0 Å². The molecule has 2 aliphatic heterocycles. The molecule has 3 aromatic carbocycles. The van der Waals surface area contributed by atoms with Crippen molar-refractivity contribution < 1.29 is 27.5 Å². The summed E-state index contributed by atoms with van der Waals surface area (Å²) in [6, 6.07) is 16.1. The number of halogens is 5. The molecule has 0 saturated carbocycles. The first-order chi connectivity index (χ1) is 24.2. The molecule has 2 atom stereocenters. The Bertz CT molecular complexity index is 1700. The number of nitrogens with zero attached hydrogens (tertiary/aromatic N) is 5. The summed E-state index contributed by atoms with van der Waals surface area (Å²) < 4.78 is 47.2. The maximum Gasteiger partial charge on any atom is 0.416 e. The van der Waals surface area contributed by atoms with Crippen molar-refractivity contribution in [3.8, 4) is 5.75 Å². The monoisotopic (exact) mass is 745 g/mol. The molecule has 0 N–H and O–H groups in total. The lowest BCUT2D eigenvalue weighted by molar-refractivity contribution is -0.151. The highest BCUT2D eigenvalue weighted by Gasteiger charge is 2.46. The first-order valence-corrected chi connectivity index (χ1v) is 18.0. The molecule has 1 fully saturated rings. The smallest absolute Gasteiger partial charge is 0.416 e. The Morgan fingerprint density at radius 2 is 1.43 bits per heavy atom. The predicted molar refractivity (Wildman–Crippen MR) is 194 cm³/mol. The van der Waals surface area contributed by atoms with Crippen LogP contribution in [-0.4, -0.2) is 95.2 Å². The van der Waals surface area contributed by atoms with Crippen molar-refractivity contribution in [2.75, 3.05) is 45.9 Å². The van der Waals surface area contributed by atoms with Crippen LogP contribution in [0.15, 0.2) is 71.7 Å². The molecule has 5 rings (SSSR count). The summed E-state index contributed by atoms with van der Waals surface area (Å²) in [5.41, 5.74) is 0.573. The van der Waals surface area contributed by atoms with Gasteiger partial charge in [0, 0.05) is 61.4 Å². The maximum absolute atomic E-state index is 14.6. The van der Waals surface area contributed by atoms with Gasteiger partial charge in [-0.2, -0.15) is 13.2 Å². The second kappa shape index (κ2) is 16.4. The van der Waals surface area contributed by atoms with Crippen LogP contribution in [0.4, 0.5) is 13.2 Å². The topological polar surface area (TPSA) is 68.7 Å². The quantitative estimate of drug-likeness (QED) is 0.199. The number of rotatable bonds is 10. The number of hydrogen-bond acceptors (Lipinski definition) is 6. The van der Waals surface area contributed by atoms with Crippen LogP contribution >= 0.6 is 23.2 Å². The largest absolute Gasteiger partial charge is 0.493 e. The fraction of sp³-hybridized carbons (Fsp3) is 0.447. The highest BCUT2D eigenvalue weighted by molar-refractivity contribution is 6.39. The number of carbonyl (C=O) groups is 2. The van der Waals surface area contributed by atoms with Crippen LogP contribution in [0, 0.1) is 0 Å². The number of alkyl halides is 3. The van der Waals surface area contributed by atoms with E-state index in [1.54, 1.807) is 60.4 Å². The maximum atomic E-state index is 14.6. The van der Waals surface area contributed by atoms with E-state index < -0.39 is 35.6 Å². The third kappa shape index (κ3) is 8.88. The molecule has 2 unspecified atom stereocenters. The normalized spacial score (nSPS) is 18.6. The molecule has 0 aromatic heterocycles. The minimum atomic E-state index is -4.63. The van der Waals surface area contributed by atoms with E-state index in [9.17, 15) is 22.8 Å². The summed E-state index contributed by atoms with van der Waals surface area (Å²) in [7, 11) is 0. The van der Waals surface area contributed by atoms with Crippen LogP contribution in [0.5, 0.6) is 5.75 Å². The summed E-state index contributed by atoms with van der Waals surface area (Å²) in [6.07, 6.45) is -4.63. The lowest BCUT2D eigenvalue weighted by Crippen LogP contribution is -2.55. The summed E-state index contributed by atoms with van der Waals surface area (Å²) in [5, 5.41) is 0.966.